The SMILES string of the molecule is CNC(=O)[C@@H](C)N(Cc1ccccc1)C(=O)CN(c1ccc(Br)c(C)c1)S(C)(=O)=O. The Balaban J connectivity index is 2.38. The molecule has 2 aromatic rings. The van der Waals surface area contributed by atoms with Crippen LogP contribution in [0.4, 0.5) is 5.69 Å². The summed E-state index contributed by atoms with van der Waals surface area (Å²) in [6, 6.07) is 13.5. The van der Waals surface area contributed by atoms with E-state index in [2.05, 4.69) is 21.2 Å². The van der Waals surface area contributed by atoms with E-state index in [9.17, 15) is 18.0 Å². The molecule has 1 N–H and O–H groups in total. The monoisotopic (exact) mass is 495 g/mol. The van der Waals surface area contributed by atoms with E-state index in [4.69, 9.17) is 0 Å². The van der Waals surface area contributed by atoms with Crippen molar-refractivity contribution in [3.8, 4) is 0 Å². The van der Waals surface area contributed by atoms with Crippen molar-refractivity contribution >= 4 is 43.5 Å². The van der Waals surface area contributed by atoms with Crippen LogP contribution in [0.1, 0.15) is 18.1 Å². The van der Waals surface area contributed by atoms with Crippen molar-refractivity contribution in [2.75, 3.05) is 24.2 Å². The number of sulfonamides is 1. The minimum Gasteiger partial charge on any atom is -0.357 e. The third kappa shape index (κ3) is 6.06. The van der Waals surface area contributed by atoms with Crippen molar-refractivity contribution in [1.82, 2.24) is 10.2 Å². The second-order valence-electron chi connectivity index (χ2n) is 7.00. The first kappa shape index (κ1) is 23.9. The molecule has 0 unspecified atom stereocenters. The number of nitrogens with one attached hydrogen (secondary N) is 1. The summed E-state index contributed by atoms with van der Waals surface area (Å²) < 4.78 is 26.8. The molecule has 2 rings (SSSR count). The van der Waals surface area contributed by atoms with E-state index >= 15 is 0 Å². The van der Waals surface area contributed by atoms with Gasteiger partial charge < -0.3 is 10.2 Å². The van der Waals surface area contributed by atoms with Gasteiger partial charge in [0.1, 0.15) is 12.6 Å². The summed E-state index contributed by atoms with van der Waals surface area (Å²) >= 11 is 3.40. The van der Waals surface area contributed by atoms with E-state index in [1.54, 1.807) is 25.1 Å². The van der Waals surface area contributed by atoms with E-state index in [-0.39, 0.29) is 12.5 Å². The molecule has 0 aliphatic rings. The second kappa shape index (κ2) is 10.1. The Kier molecular flexibility index (Phi) is 8.03. The van der Waals surface area contributed by atoms with E-state index in [0.29, 0.717) is 5.69 Å². The van der Waals surface area contributed by atoms with Gasteiger partial charge in [-0.1, -0.05) is 46.3 Å². The van der Waals surface area contributed by atoms with Gasteiger partial charge in [0, 0.05) is 18.1 Å². The molecular weight excluding hydrogens is 470 g/mol. The number of carbonyl (C=O) groups is 2. The number of rotatable bonds is 8. The lowest BCUT2D eigenvalue weighted by Gasteiger charge is -2.31. The minimum absolute atomic E-state index is 0.186. The fraction of sp³-hybridized carbons (Fsp3) is 0.333. The Morgan fingerprint density at radius 1 is 1.13 bits per heavy atom. The molecule has 0 fully saturated rings. The summed E-state index contributed by atoms with van der Waals surface area (Å²) in [7, 11) is -2.23. The summed E-state index contributed by atoms with van der Waals surface area (Å²) in [5.74, 6) is -0.800. The maximum Gasteiger partial charge on any atom is 0.244 e. The zero-order valence-electron chi connectivity index (χ0n) is 17.4. The highest BCUT2D eigenvalue weighted by Crippen LogP contribution is 2.25. The van der Waals surface area contributed by atoms with Crippen LogP contribution in [-0.2, 0) is 26.2 Å². The Bertz CT molecular complexity index is 1010. The number of amides is 2. The lowest BCUT2D eigenvalue weighted by molar-refractivity contribution is -0.139. The van der Waals surface area contributed by atoms with Crippen molar-refractivity contribution in [2.45, 2.75) is 26.4 Å². The molecule has 0 radical (unpaired) electrons. The molecule has 162 valence electrons. The molecule has 7 nitrogen and oxygen atoms in total. The van der Waals surface area contributed by atoms with Crippen molar-refractivity contribution in [3.63, 3.8) is 0 Å². The van der Waals surface area contributed by atoms with Gasteiger partial charge in [0.15, 0.2) is 0 Å². The zero-order chi connectivity index (χ0) is 22.5. The highest BCUT2D eigenvalue weighted by atomic mass is 79.9. The predicted octanol–water partition coefficient (Wildman–Crippen LogP) is 2.69. The summed E-state index contributed by atoms with van der Waals surface area (Å²) in [5.41, 5.74) is 2.07. The van der Waals surface area contributed by atoms with Crippen LogP contribution >= 0.6 is 15.9 Å². The second-order valence-corrected chi connectivity index (χ2v) is 9.76. The first-order valence-electron chi connectivity index (χ1n) is 9.33. The Morgan fingerprint density at radius 3 is 2.30 bits per heavy atom. The van der Waals surface area contributed by atoms with E-state index < -0.39 is 28.5 Å². The number of hydrogen-bond acceptors (Lipinski definition) is 4. The van der Waals surface area contributed by atoms with Crippen LogP contribution in [0.3, 0.4) is 0 Å². The third-order valence-electron chi connectivity index (χ3n) is 4.72. The number of halogens is 1. The lowest BCUT2D eigenvalue weighted by atomic mass is 10.1. The van der Waals surface area contributed by atoms with Gasteiger partial charge in [-0.3, -0.25) is 13.9 Å². The van der Waals surface area contributed by atoms with Gasteiger partial charge >= 0.3 is 0 Å². The van der Waals surface area contributed by atoms with Gasteiger partial charge in [-0.2, -0.15) is 0 Å². The first-order chi connectivity index (χ1) is 14.0. The van der Waals surface area contributed by atoms with Crippen LogP contribution in [-0.4, -0.2) is 51.0 Å². The molecular formula is C21H26BrN3O4S. The van der Waals surface area contributed by atoms with Crippen LogP contribution in [0.5, 0.6) is 0 Å². The van der Waals surface area contributed by atoms with Crippen molar-refractivity contribution in [3.05, 3.63) is 64.1 Å². The number of carbonyl (C=O) groups excluding carboxylic acids is 2. The Morgan fingerprint density at radius 2 is 1.77 bits per heavy atom. The summed E-state index contributed by atoms with van der Waals surface area (Å²) in [5, 5.41) is 2.54. The summed E-state index contributed by atoms with van der Waals surface area (Å²) in [6.07, 6.45) is 1.06. The Hall–Kier alpha value is -2.39. The molecule has 0 spiro atoms. The molecule has 0 bridgehead atoms. The fourth-order valence-electron chi connectivity index (χ4n) is 2.97. The van der Waals surface area contributed by atoms with Crippen molar-refractivity contribution in [2.24, 2.45) is 0 Å². The molecule has 2 amide bonds. The molecule has 1 atom stereocenters. The zero-order valence-corrected chi connectivity index (χ0v) is 19.8. The van der Waals surface area contributed by atoms with Crippen LogP contribution in [0.2, 0.25) is 0 Å². The quantitative estimate of drug-likeness (QED) is 0.609. The standard InChI is InChI=1S/C21H26BrN3O4S/c1-15-12-18(10-11-19(15)22)25(30(4,28)29)14-20(26)24(16(2)21(27)23-3)13-17-8-6-5-7-9-17/h5-12,16H,13-14H2,1-4H3,(H,23,27)/t16-/m1/s1. The van der Waals surface area contributed by atoms with Gasteiger partial charge in [-0.25, -0.2) is 8.42 Å². The van der Waals surface area contributed by atoms with Gasteiger partial charge in [-0.15, -0.1) is 0 Å². The number of hydrogen-bond donors (Lipinski definition) is 1. The molecule has 30 heavy (non-hydrogen) atoms. The van der Waals surface area contributed by atoms with Crippen LogP contribution in [0.25, 0.3) is 0 Å². The third-order valence-corrected chi connectivity index (χ3v) is 6.75. The van der Waals surface area contributed by atoms with E-state index in [1.165, 1.54) is 11.9 Å². The van der Waals surface area contributed by atoms with Crippen molar-refractivity contribution in [1.29, 1.82) is 0 Å². The normalized spacial score (nSPS) is 12.2. The average molecular weight is 496 g/mol. The van der Waals surface area contributed by atoms with Crippen LogP contribution in [0.15, 0.2) is 53.0 Å². The molecule has 0 heterocycles. The average Bonchev–Trinajstić information content (AvgIpc) is 2.71. The first-order valence-corrected chi connectivity index (χ1v) is 12.0. The Labute approximate surface area is 186 Å². The number of aryl methyl sites for hydroxylation is 1. The topological polar surface area (TPSA) is 86.8 Å². The number of nitrogens with zero attached hydrogens (tertiary/aromatic N) is 2. The van der Waals surface area contributed by atoms with Crippen molar-refractivity contribution < 1.29 is 18.0 Å². The highest BCUT2D eigenvalue weighted by molar-refractivity contribution is 9.10. The summed E-state index contributed by atoms with van der Waals surface area (Å²) in [4.78, 5) is 26.8. The predicted molar refractivity (Wildman–Crippen MR) is 122 cm³/mol. The van der Waals surface area contributed by atoms with Gasteiger partial charge in [0.25, 0.3) is 0 Å². The number of likely N-dealkylation sites (N-methyl/N-ethyl adjacent to an activating group) is 1. The molecule has 0 aliphatic heterocycles. The van der Waals surface area contributed by atoms with Crippen LogP contribution < -0.4 is 9.62 Å². The smallest absolute Gasteiger partial charge is 0.244 e. The molecule has 0 aliphatic carbocycles. The van der Waals surface area contributed by atoms with Gasteiger partial charge in [0.05, 0.1) is 11.9 Å². The molecule has 2 aromatic carbocycles. The maximum atomic E-state index is 13.2. The number of anilines is 1. The van der Waals surface area contributed by atoms with E-state index in [1.807, 2.05) is 37.3 Å². The van der Waals surface area contributed by atoms with Gasteiger partial charge in [-0.05, 0) is 43.2 Å². The molecule has 0 aromatic heterocycles. The molecule has 0 saturated carbocycles. The minimum atomic E-state index is -3.73. The maximum absolute atomic E-state index is 13.2. The lowest BCUT2D eigenvalue weighted by Crippen LogP contribution is -2.50. The highest BCUT2D eigenvalue weighted by Gasteiger charge is 2.29. The largest absolute Gasteiger partial charge is 0.357 e. The fourth-order valence-corrected chi connectivity index (χ4v) is 4.06. The van der Waals surface area contributed by atoms with E-state index in [0.717, 1.165) is 26.2 Å². The number of benzene rings is 2. The molecule has 0 saturated heterocycles. The van der Waals surface area contributed by atoms with Gasteiger partial charge in [0.2, 0.25) is 21.8 Å². The molecule has 9 heteroatoms. The summed E-state index contributed by atoms with van der Waals surface area (Å²) in [6.45, 7) is 3.23. The van der Waals surface area contributed by atoms with Crippen LogP contribution in [0, 0.1) is 6.92 Å².